The first-order valence-electron chi connectivity index (χ1n) is 5.00. The summed E-state index contributed by atoms with van der Waals surface area (Å²) >= 11 is 0. The number of benzene rings is 1. The van der Waals surface area contributed by atoms with Gasteiger partial charge in [0.2, 0.25) is 5.91 Å². The SMILES string of the molecule is C/C=C/C=C/C(=O)Nc1cc(C)ccc1F. The highest BCUT2D eigenvalue weighted by molar-refractivity contribution is 5.99. The number of carbonyl (C=O) groups excluding carboxylic acids is 1. The van der Waals surface area contributed by atoms with Crippen molar-refractivity contribution in [1.29, 1.82) is 0 Å². The summed E-state index contributed by atoms with van der Waals surface area (Å²) in [6.07, 6.45) is 6.48. The van der Waals surface area contributed by atoms with Crippen LogP contribution in [0.25, 0.3) is 0 Å². The van der Waals surface area contributed by atoms with Crippen LogP contribution in [-0.2, 0) is 4.79 Å². The van der Waals surface area contributed by atoms with E-state index in [0.717, 1.165) is 5.56 Å². The lowest BCUT2D eigenvalue weighted by molar-refractivity contribution is -0.111. The fraction of sp³-hybridized carbons (Fsp3) is 0.154. The molecule has 1 amide bonds. The van der Waals surface area contributed by atoms with Crippen molar-refractivity contribution in [3.63, 3.8) is 0 Å². The van der Waals surface area contributed by atoms with Crippen LogP contribution in [0.5, 0.6) is 0 Å². The van der Waals surface area contributed by atoms with E-state index in [0.29, 0.717) is 0 Å². The van der Waals surface area contributed by atoms with Crippen LogP contribution in [0.1, 0.15) is 12.5 Å². The first kappa shape index (κ1) is 12.2. The molecule has 0 aromatic heterocycles. The highest BCUT2D eigenvalue weighted by Crippen LogP contribution is 2.15. The van der Waals surface area contributed by atoms with Crippen LogP contribution in [0.4, 0.5) is 10.1 Å². The van der Waals surface area contributed by atoms with Gasteiger partial charge in [-0.25, -0.2) is 4.39 Å². The van der Waals surface area contributed by atoms with Crippen molar-refractivity contribution in [2.45, 2.75) is 13.8 Å². The molecule has 0 saturated heterocycles. The maximum Gasteiger partial charge on any atom is 0.248 e. The van der Waals surface area contributed by atoms with E-state index in [-0.39, 0.29) is 11.6 Å². The Morgan fingerprint density at radius 1 is 1.38 bits per heavy atom. The topological polar surface area (TPSA) is 29.1 Å². The Morgan fingerprint density at radius 2 is 2.12 bits per heavy atom. The van der Waals surface area contributed by atoms with E-state index in [1.807, 2.05) is 13.8 Å². The molecule has 0 fully saturated rings. The van der Waals surface area contributed by atoms with Gasteiger partial charge in [-0.1, -0.05) is 24.3 Å². The fourth-order valence-electron chi connectivity index (χ4n) is 1.16. The van der Waals surface area contributed by atoms with E-state index in [1.165, 1.54) is 12.1 Å². The molecule has 1 aromatic rings. The van der Waals surface area contributed by atoms with Crippen molar-refractivity contribution >= 4 is 11.6 Å². The first-order chi connectivity index (χ1) is 7.63. The van der Waals surface area contributed by atoms with E-state index >= 15 is 0 Å². The average Bonchev–Trinajstić information content (AvgIpc) is 2.24. The molecule has 0 aliphatic rings. The molecular weight excluding hydrogens is 205 g/mol. The third kappa shape index (κ3) is 3.69. The van der Waals surface area contributed by atoms with Crippen molar-refractivity contribution in [2.75, 3.05) is 5.32 Å². The standard InChI is InChI=1S/C13H14FNO/c1-3-4-5-6-13(16)15-12-9-10(2)7-8-11(12)14/h3-9H,1-2H3,(H,15,16)/b4-3+,6-5+. The van der Waals surface area contributed by atoms with Gasteiger partial charge in [-0.15, -0.1) is 0 Å². The van der Waals surface area contributed by atoms with Crippen LogP contribution in [0, 0.1) is 12.7 Å². The van der Waals surface area contributed by atoms with Gasteiger partial charge in [-0.3, -0.25) is 4.79 Å². The number of rotatable bonds is 3. The second-order valence-electron chi connectivity index (χ2n) is 3.36. The number of halogens is 1. The minimum absolute atomic E-state index is 0.204. The molecule has 0 bridgehead atoms. The van der Waals surface area contributed by atoms with Gasteiger partial charge in [0.05, 0.1) is 5.69 Å². The van der Waals surface area contributed by atoms with Gasteiger partial charge in [-0.2, -0.15) is 0 Å². The summed E-state index contributed by atoms with van der Waals surface area (Å²) in [5.74, 6) is -0.777. The largest absolute Gasteiger partial charge is 0.320 e. The fourth-order valence-corrected chi connectivity index (χ4v) is 1.16. The Morgan fingerprint density at radius 3 is 2.81 bits per heavy atom. The van der Waals surface area contributed by atoms with E-state index < -0.39 is 5.82 Å². The van der Waals surface area contributed by atoms with Crippen molar-refractivity contribution in [3.8, 4) is 0 Å². The van der Waals surface area contributed by atoms with Crippen LogP contribution in [-0.4, -0.2) is 5.91 Å². The van der Waals surface area contributed by atoms with Crippen LogP contribution in [0.3, 0.4) is 0 Å². The molecule has 0 unspecified atom stereocenters. The molecule has 0 spiro atoms. The molecule has 0 saturated carbocycles. The summed E-state index contributed by atoms with van der Waals surface area (Å²) in [6, 6.07) is 4.58. The highest BCUT2D eigenvalue weighted by atomic mass is 19.1. The quantitative estimate of drug-likeness (QED) is 0.613. The Balaban J connectivity index is 2.73. The number of amides is 1. The van der Waals surface area contributed by atoms with Crippen LogP contribution < -0.4 is 5.32 Å². The molecule has 0 aliphatic heterocycles. The first-order valence-corrected chi connectivity index (χ1v) is 5.00. The second-order valence-corrected chi connectivity index (χ2v) is 3.36. The van der Waals surface area contributed by atoms with E-state index in [1.54, 1.807) is 30.4 Å². The molecular formula is C13H14FNO. The number of carbonyl (C=O) groups is 1. The smallest absolute Gasteiger partial charge is 0.248 e. The van der Waals surface area contributed by atoms with Gasteiger partial charge in [0.15, 0.2) is 0 Å². The third-order valence-corrected chi connectivity index (χ3v) is 1.93. The average molecular weight is 219 g/mol. The minimum atomic E-state index is -0.432. The van der Waals surface area contributed by atoms with Gasteiger partial charge in [0.25, 0.3) is 0 Å². The molecule has 0 aliphatic carbocycles. The Hall–Kier alpha value is -1.90. The molecule has 1 aromatic carbocycles. The van der Waals surface area contributed by atoms with E-state index in [9.17, 15) is 9.18 Å². The van der Waals surface area contributed by atoms with Gasteiger partial charge in [-0.05, 0) is 31.5 Å². The predicted octanol–water partition coefficient (Wildman–Crippen LogP) is 3.20. The summed E-state index contributed by atoms with van der Waals surface area (Å²) in [4.78, 5) is 11.4. The van der Waals surface area contributed by atoms with Gasteiger partial charge in [0.1, 0.15) is 5.82 Å². The van der Waals surface area contributed by atoms with E-state index in [2.05, 4.69) is 5.32 Å². The van der Waals surface area contributed by atoms with Gasteiger partial charge in [0, 0.05) is 6.08 Å². The molecule has 84 valence electrons. The third-order valence-electron chi connectivity index (χ3n) is 1.93. The maximum absolute atomic E-state index is 13.3. The summed E-state index contributed by atoms with van der Waals surface area (Å²) < 4.78 is 13.3. The zero-order valence-corrected chi connectivity index (χ0v) is 9.33. The minimum Gasteiger partial charge on any atom is -0.320 e. The van der Waals surface area contributed by atoms with Crippen LogP contribution >= 0.6 is 0 Å². The monoisotopic (exact) mass is 219 g/mol. The second kappa shape index (κ2) is 5.85. The lowest BCUT2D eigenvalue weighted by Gasteiger charge is -2.04. The van der Waals surface area contributed by atoms with Crippen molar-refractivity contribution in [1.82, 2.24) is 0 Å². The predicted molar refractivity (Wildman–Crippen MR) is 63.7 cm³/mol. The number of allylic oxidation sites excluding steroid dienone is 3. The number of hydrogen-bond donors (Lipinski definition) is 1. The lowest BCUT2D eigenvalue weighted by atomic mass is 10.2. The normalized spacial score (nSPS) is 11.2. The number of nitrogens with one attached hydrogen (secondary N) is 1. The molecule has 0 heterocycles. The number of anilines is 1. The summed E-state index contributed by atoms with van der Waals surface area (Å²) in [6.45, 7) is 3.69. The number of aryl methyl sites for hydroxylation is 1. The van der Waals surface area contributed by atoms with E-state index in [4.69, 9.17) is 0 Å². The van der Waals surface area contributed by atoms with Gasteiger partial charge < -0.3 is 5.32 Å². The summed E-state index contributed by atoms with van der Waals surface area (Å²) in [7, 11) is 0. The number of hydrogen-bond acceptors (Lipinski definition) is 1. The van der Waals surface area contributed by atoms with Crippen LogP contribution in [0.2, 0.25) is 0 Å². The van der Waals surface area contributed by atoms with Crippen LogP contribution in [0.15, 0.2) is 42.5 Å². The Bertz CT molecular complexity index is 436. The maximum atomic E-state index is 13.3. The molecule has 0 atom stereocenters. The Kier molecular flexibility index (Phi) is 4.45. The zero-order chi connectivity index (χ0) is 12.0. The molecule has 1 N–H and O–H groups in total. The Labute approximate surface area is 94.5 Å². The lowest BCUT2D eigenvalue weighted by Crippen LogP contribution is -2.09. The summed E-state index contributed by atoms with van der Waals surface area (Å²) in [5.41, 5.74) is 1.10. The van der Waals surface area contributed by atoms with Crippen molar-refractivity contribution < 1.29 is 9.18 Å². The zero-order valence-electron chi connectivity index (χ0n) is 9.33. The molecule has 1 rings (SSSR count). The van der Waals surface area contributed by atoms with Crippen molar-refractivity contribution in [2.24, 2.45) is 0 Å². The molecule has 0 radical (unpaired) electrons. The molecule has 3 heteroatoms. The van der Waals surface area contributed by atoms with Crippen molar-refractivity contribution in [3.05, 3.63) is 53.9 Å². The molecule has 16 heavy (non-hydrogen) atoms. The summed E-state index contributed by atoms with van der Waals surface area (Å²) in [5, 5.41) is 2.48. The van der Waals surface area contributed by atoms with Gasteiger partial charge >= 0.3 is 0 Å². The highest BCUT2D eigenvalue weighted by Gasteiger charge is 2.03. The molecule has 2 nitrogen and oxygen atoms in total.